The Morgan fingerprint density at radius 2 is 2.07 bits per heavy atom. The van der Waals surface area contributed by atoms with Crippen molar-refractivity contribution in [1.29, 1.82) is 0 Å². The lowest BCUT2D eigenvalue weighted by atomic mass is 10.1. The third kappa shape index (κ3) is 5.83. The fourth-order valence-corrected chi connectivity index (χ4v) is 2.42. The fraction of sp³-hybridized carbons (Fsp3) is 0.176. The number of hydrogen-bond acceptors (Lipinski definition) is 7. The number of nitrogens with two attached hydrogens (primary N) is 1. The Bertz CT molecular complexity index is 1020. The van der Waals surface area contributed by atoms with Gasteiger partial charge in [-0.1, -0.05) is 16.8 Å². The molecule has 0 unspecified atom stereocenters. The van der Waals surface area contributed by atoms with E-state index >= 15 is 0 Å². The molecule has 154 valence electrons. The second kappa shape index (κ2) is 9.59. The molecule has 0 saturated carbocycles. The molecule has 0 aliphatic carbocycles. The van der Waals surface area contributed by atoms with Gasteiger partial charge in [0.1, 0.15) is 0 Å². The maximum Gasteiger partial charge on any atom is 0.304 e. The summed E-state index contributed by atoms with van der Waals surface area (Å²) >= 11 is 5.61. The Kier molecular flexibility index (Phi) is 7.43. The van der Waals surface area contributed by atoms with Crippen molar-refractivity contribution in [3.63, 3.8) is 0 Å². The zero-order valence-electron chi connectivity index (χ0n) is 14.5. The highest BCUT2D eigenvalue weighted by Gasteiger charge is 2.17. The molecule has 3 aromatic rings. The maximum atomic E-state index is 14.3. The van der Waals surface area contributed by atoms with Crippen LogP contribution >= 0.6 is 24.0 Å². The molecular formula is C17H14Cl2F2N4O4. The molecule has 29 heavy (non-hydrogen) atoms. The first-order chi connectivity index (χ1) is 13.3. The van der Waals surface area contributed by atoms with Crippen molar-refractivity contribution < 1.29 is 27.9 Å². The summed E-state index contributed by atoms with van der Waals surface area (Å²) in [6.07, 6.45) is 0.973. The van der Waals surface area contributed by atoms with E-state index in [4.69, 9.17) is 31.7 Å². The molecule has 0 amide bonds. The van der Waals surface area contributed by atoms with Gasteiger partial charge in [0.05, 0.1) is 11.4 Å². The summed E-state index contributed by atoms with van der Waals surface area (Å²) in [7, 11) is 0. The van der Waals surface area contributed by atoms with Gasteiger partial charge in [-0.05, 0) is 24.3 Å². The lowest BCUT2D eigenvalue weighted by Gasteiger charge is -2.07. The first kappa shape index (κ1) is 22.5. The van der Waals surface area contributed by atoms with E-state index in [1.807, 2.05) is 0 Å². The van der Waals surface area contributed by atoms with Crippen LogP contribution in [0.5, 0.6) is 11.6 Å². The highest BCUT2D eigenvalue weighted by Crippen LogP contribution is 2.29. The molecule has 0 aliphatic rings. The Morgan fingerprint density at radius 3 is 2.72 bits per heavy atom. The number of hydrogen-bond donors (Lipinski definition) is 2. The van der Waals surface area contributed by atoms with Crippen LogP contribution in [0.15, 0.2) is 35.0 Å². The summed E-state index contributed by atoms with van der Waals surface area (Å²) in [5.74, 6) is -3.17. The molecule has 0 bridgehead atoms. The van der Waals surface area contributed by atoms with Crippen LogP contribution in [0.1, 0.15) is 12.3 Å². The molecule has 1 atom stereocenters. The number of carbonyl (C=O) groups is 1. The minimum absolute atomic E-state index is 0. The number of pyridine rings is 1. The van der Waals surface area contributed by atoms with Crippen LogP contribution < -0.4 is 10.5 Å². The predicted molar refractivity (Wildman–Crippen MR) is 100 cm³/mol. The number of nitrogens with zero attached hydrogens (tertiary/aromatic N) is 3. The topological polar surface area (TPSA) is 124 Å². The molecule has 0 radical (unpaired) electrons. The zero-order valence-corrected chi connectivity index (χ0v) is 16.1. The van der Waals surface area contributed by atoms with Crippen molar-refractivity contribution in [1.82, 2.24) is 15.1 Å². The third-order valence-corrected chi connectivity index (χ3v) is 3.72. The number of aromatic nitrogens is 3. The lowest BCUT2D eigenvalue weighted by Crippen LogP contribution is -2.26. The molecule has 1 aromatic carbocycles. The van der Waals surface area contributed by atoms with Gasteiger partial charge < -0.3 is 20.1 Å². The quantitative estimate of drug-likeness (QED) is 0.563. The normalized spacial score (nSPS) is 11.6. The zero-order chi connectivity index (χ0) is 20.3. The molecule has 0 fully saturated rings. The summed E-state index contributed by atoms with van der Waals surface area (Å²) < 4.78 is 38.2. The third-order valence-electron chi connectivity index (χ3n) is 3.51. The standard InChI is InChI=1S/C17H13ClF2N4O4.ClH/c18-9-4-12(20)17(22-7-9)27-13-2-1-8(3-11(13)19)16-23-14(28-24-16)5-10(21)6-15(25)26;/h1-4,7,10H,5-6,21H2,(H,25,26);1H/t10-;/m1./s1. The number of aliphatic carboxylic acids is 1. The van der Waals surface area contributed by atoms with E-state index in [0.717, 1.165) is 12.1 Å². The fourth-order valence-electron chi connectivity index (χ4n) is 2.28. The van der Waals surface area contributed by atoms with Crippen LogP contribution in [0.4, 0.5) is 8.78 Å². The lowest BCUT2D eigenvalue weighted by molar-refractivity contribution is -0.137. The summed E-state index contributed by atoms with van der Waals surface area (Å²) in [5, 5.41) is 12.5. The van der Waals surface area contributed by atoms with E-state index in [2.05, 4.69) is 15.1 Å². The summed E-state index contributed by atoms with van der Waals surface area (Å²) in [4.78, 5) is 18.3. The molecule has 12 heteroatoms. The molecule has 2 heterocycles. The first-order valence-corrected chi connectivity index (χ1v) is 8.28. The SMILES string of the molecule is Cl.N[C@@H](CC(=O)O)Cc1nc(-c2ccc(Oc3ncc(Cl)cc3F)c(F)c2)no1. The molecule has 3 rings (SSSR count). The minimum atomic E-state index is -1.04. The van der Waals surface area contributed by atoms with Crippen LogP contribution in [-0.2, 0) is 11.2 Å². The number of halogens is 4. The van der Waals surface area contributed by atoms with Gasteiger partial charge in [0.2, 0.25) is 11.7 Å². The molecule has 0 spiro atoms. The van der Waals surface area contributed by atoms with Crippen molar-refractivity contribution in [2.24, 2.45) is 5.73 Å². The molecular weight excluding hydrogens is 433 g/mol. The van der Waals surface area contributed by atoms with Gasteiger partial charge in [0.25, 0.3) is 5.88 Å². The van der Waals surface area contributed by atoms with Crippen LogP contribution in [0.2, 0.25) is 5.02 Å². The number of benzene rings is 1. The summed E-state index contributed by atoms with van der Waals surface area (Å²) in [5.41, 5.74) is 5.94. The second-order valence-electron chi connectivity index (χ2n) is 5.76. The van der Waals surface area contributed by atoms with Crippen molar-refractivity contribution >= 4 is 30.0 Å². The Hall–Kier alpha value is -2.82. The van der Waals surface area contributed by atoms with E-state index in [-0.39, 0.29) is 53.3 Å². The van der Waals surface area contributed by atoms with Crippen LogP contribution in [0.3, 0.4) is 0 Å². The smallest absolute Gasteiger partial charge is 0.304 e. The number of ether oxygens (including phenoxy) is 1. The van der Waals surface area contributed by atoms with Gasteiger partial charge in [0.15, 0.2) is 17.4 Å². The number of carboxylic acids is 1. The van der Waals surface area contributed by atoms with Gasteiger partial charge in [-0.2, -0.15) is 4.98 Å². The van der Waals surface area contributed by atoms with Crippen molar-refractivity contribution in [2.45, 2.75) is 18.9 Å². The Balaban J connectivity index is 0.00000300. The van der Waals surface area contributed by atoms with E-state index in [1.165, 1.54) is 18.3 Å². The number of rotatable bonds is 7. The maximum absolute atomic E-state index is 14.3. The van der Waals surface area contributed by atoms with Crippen LogP contribution in [0.25, 0.3) is 11.4 Å². The monoisotopic (exact) mass is 446 g/mol. The Labute approximate surface area is 174 Å². The molecule has 0 aliphatic heterocycles. The van der Waals surface area contributed by atoms with Gasteiger partial charge in [-0.15, -0.1) is 12.4 Å². The average Bonchev–Trinajstić information content (AvgIpc) is 3.06. The average molecular weight is 447 g/mol. The van der Waals surface area contributed by atoms with Gasteiger partial charge in [-0.3, -0.25) is 4.79 Å². The van der Waals surface area contributed by atoms with Gasteiger partial charge >= 0.3 is 5.97 Å². The highest BCUT2D eigenvalue weighted by atomic mass is 35.5. The minimum Gasteiger partial charge on any atom is -0.481 e. The predicted octanol–water partition coefficient (Wildman–Crippen LogP) is 3.62. The van der Waals surface area contributed by atoms with Crippen molar-refractivity contribution in [3.8, 4) is 23.0 Å². The van der Waals surface area contributed by atoms with Gasteiger partial charge in [-0.25, -0.2) is 13.8 Å². The molecule has 0 saturated heterocycles. The van der Waals surface area contributed by atoms with E-state index < -0.39 is 29.5 Å². The van der Waals surface area contributed by atoms with Gasteiger partial charge in [0, 0.05) is 24.2 Å². The van der Waals surface area contributed by atoms with E-state index in [1.54, 1.807) is 0 Å². The molecule has 3 N–H and O–H groups in total. The summed E-state index contributed by atoms with van der Waals surface area (Å²) in [6, 6.07) is 4.08. The molecule has 8 nitrogen and oxygen atoms in total. The Morgan fingerprint density at radius 1 is 1.31 bits per heavy atom. The van der Waals surface area contributed by atoms with E-state index in [0.29, 0.717) is 0 Å². The summed E-state index contributed by atoms with van der Waals surface area (Å²) in [6.45, 7) is 0. The highest BCUT2D eigenvalue weighted by molar-refractivity contribution is 6.30. The van der Waals surface area contributed by atoms with Crippen molar-refractivity contribution in [3.05, 3.63) is 53.0 Å². The first-order valence-electron chi connectivity index (χ1n) is 7.90. The van der Waals surface area contributed by atoms with Crippen LogP contribution in [0, 0.1) is 11.6 Å². The van der Waals surface area contributed by atoms with E-state index in [9.17, 15) is 13.6 Å². The second-order valence-corrected chi connectivity index (χ2v) is 6.20. The number of carboxylic acid groups (broad SMARTS) is 1. The van der Waals surface area contributed by atoms with Crippen LogP contribution in [-0.4, -0.2) is 32.2 Å². The van der Waals surface area contributed by atoms with Crippen molar-refractivity contribution in [2.75, 3.05) is 0 Å². The largest absolute Gasteiger partial charge is 0.481 e. The molecule has 2 aromatic heterocycles.